The molecule has 0 unspecified atom stereocenters. The van der Waals surface area contributed by atoms with Crippen LogP contribution < -0.4 is 11.5 Å². The second kappa shape index (κ2) is 8.48. The second-order valence-corrected chi connectivity index (χ2v) is 9.72. The number of phenolic OH excluding ortho intramolecular Hbond substituents is 2. The summed E-state index contributed by atoms with van der Waals surface area (Å²) in [6.45, 7) is 0. The molecule has 6 nitrogen and oxygen atoms in total. The van der Waals surface area contributed by atoms with Gasteiger partial charge in [0.25, 0.3) is 0 Å². The normalized spacial score (nSPS) is 12.4. The third kappa shape index (κ3) is 3.57. The first-order chi connectivity index (χ1) is 16.4. The quantitative estimate of drug-likeness (QED) is 0.251. The minimum absolute atomic E-state index is 0.00321. The number of rotatable bonds is 4. The number of phenols is 2. The van der Waals surface area contributed by atoms with E-state index >= 15 is 0 Å². The highest BCUT2D eigenvalue weighted by atomic mass is 32.2. The predicted octanol–water partition coefficient (Wildman–Crippen LogP) is 5.34. The zero-order chi connectivity index (χ0) is 24.0. The molecule has 168 valence electrons. The van der Waals surface area contributed by atoms with Gasteiger partial charge >= 0.3 is 0 Å². The van der Waals surface area contributed by atoms with Crippen molar-refractivity contribution in [3.63, 3.8) is 0 Å². The number of carbonyl (C=O) groups is 2. The van der Waals surface area contributed by atoms with Crippen molar-refractivity contribution in [2.45, 2.75) is 19.6 Å². The molecule has 0 amide bonds. The molecule has 1 aliphatic carbocycles. The number of nitrogen functional groups attached to an aromatic ring is 2. The Bertz CT molecular complexity index is 1350. The topological polar surface area (TPSA) is 127 Å². The lowest BCUT2D eigenvalue weighted by molar-refractivity contribution is 0.0974. The lowest BCUT2D eigenvalue weighted by atomic mass is 9.84. The fraction of sp³-hybridized carbons (Fsp3) is 0. The molecular formula is C26H18N2O4S2. The Morgan fingerprint density at radius 1 is 0.559 bits per heavy atom. The Morgan fingerprint density at radius 2 is 0.941 bits per heavy atom. The number of hydrogen-bond donors (Lipinski definition) is 4. The molecule has 1 aliphatic rings. The van der Waals surface area contributed by atoms with Crippen LogP contribution in [0.3, 0.4) is 0 Å². The number of ketones is 2. The molecule has 0 atom stereocenters. The molecule has 4 aromatic carbocycles. The fourth-order valence-electron chi connectivity index (χ4n) is 3.88. The fourth-order valence-corrected chi connectivity index (χ4v) is 5.93. The Morgan fingerprint density at radius 3 is 1.32 bits per heavy atom. The molecule has 0 saturated heterocycles. The van der Waals surface area contributed by atoms with E-state index in [9.17, 15) is 19.8 Å². The van der Waals surface area contributed by atoms with Crippen LogP contribution in [0.15, 0.2) is 92.4 Å². The number of aromatic hydroxyl groups is 2. The van der Waals surface area contributed by atoms with Crippen LogP contribution in [-0.2, 0) is 0 Å². The van der Waals surface area contributed by atoms with Crippen molar-refractivity contribution in [2.75, 3.05) is 11.5 Å². The summed E-state index contributed by atoms with van der Waals surface area (Å²) in [7, 11) is 0. The molecule has 0 spiro atoms. The summed E-state index contributed by atoms with van der Waals surface area (Å²) in [5, 5.41) is 20.5. The van der Waals surface area contributed by atoms with Crippen LogP contribution in [-0.4, -0.2) is 21.8 Å². The van der Waals surface area contributed by atoms with Crippen LogP contribution in [0, 0.1) is 0 Å². The highest BCUT2D eigenvalue weighted by molar-refractivity contribution is 8.00. The number of nitrogens with two attached hydrogens (primary N) is 2. The van der Waals surface area contributed by atoms with Crippen LogP contribution in [0.1, 0.15) is 31.8 Å². The van der Waals surface area contributed by atoms with E-state index in [1.807, 2.05) is 0 Å². The Labute approximate surface area is 203 Å². The third-order valence-electron chi connectivity index (χ3n) is 5.47. The van der Waals surface area contributed by atoms with Gasteiger partial charge in [0, 0.05) is 43.4 Å². The Balaban J connectivity index is 1.62. The monoisotopic (exact) mass is 486 g/mol. The summed E-state index contributed by atoms with van der Waals surface area (Å²) in [4.78, 5) is 29.1. The maximum absolute atomic E-state index is 13.6. The molecule has 0 aromatic heterocycles. The van der Waals surface area contributed by atoms with E-state index in [2.05, 4.69) is 0 Å². The number of hydrogen-bond acceptors (Lipinski definition) is 8. The first-order valence-electron chi connectivity index (χ1n) is 10.2. The number of carbonyl (C=O) groups excluding carboxylic acids is 2. The maximum atomic E-state index is 13.6. The van der Waals surface area contributed by atoms with E-state index in [1.54, 1.807) is 60.7 Å². The minimum Gasteiger partial charge on any atom is -0.507 e. The molecular weight excluding hydrogens is 468 g/mol. The van der Waals surface area contributed by atoms with Gasteiger partial charge in [-0.2, -0.15) is 0 Å². The van der Waals surface area contributed by atoms with E-state index in [1.165, 1.54) is 12.1 Å². The van der Waals surface area contributed by atoms with Gasteiger partial charge in [-0.3, -0.25) is 9.59 Å². The van der Waals surface area contributed by atoms with E-state index < -0.39 is 0 Å². The second-order valence-electron chi connectivity index (χ2n) is 7.61. The zero-order valence-corrected chi connectivity index (χ0v) is 19.2. The molecule has 8 heteroatoms. The van der Waals surface area contributed by atoms with E-state index in [4.69, 9.17) is 11.5 Å². The van der Waals surface area contributed by atoms with Crippen molar-refractivity contribution in [1.82, 2.24) is 0 Å². The summed E-state index contributed by atoms with van der Waals surface area (Å²) >= 11 is 2.29. The standard InChI is InChI=1S/C26H18N2O4S2/c27-15-7-3-9-17(29)25(15)33-19-11-1-5-13-21(19)24(32)14-6-2-12-20(22(14)23(13)31)34-26-16(28)8-4-10-18(26)30/h1-12,29-30H,27-28H2. The first-order valence-corrected chi connectivity index (χ1v) is 11.9. The van der Waals surface area contributed by atoms with Crippen molar-refractivity contribution >= 4 is 46.5 Å². The highest BCUT2D eigenvalue weighted by Crippen LogP contribution is 2.45. The number of benzene rings is 4. The largest absolute Gasteiger partial charge is 0.507 e. The smallest absolute Gasteiger partial charge is 0.195 e. The van der Waals surface area contributed by atoms with E-state index in [0.717, 1.165) is 23.5 Å². The molecule has 0 saturated carbocycles. The van der Waals surface area contributed by atoms with Gasteiger partial charge in [-0.15, -0.1) is 0 Å². The van der Waals surface area contributed by atoms with Gasteiger partial charge in [-0.05, 0) is 36.4 Å². The van der Waals surface area contributed by atoms with Gasteiger partial charge in [0.1, 0.15) is 11.5 Å². The maximum Gasteiger partial charge on any atom is 0.195 e. The molecule has 0 bridgehead atoms. The van der Waals surface area contributed by atoms with Crippen LogP contribution in [0.2, 0.25) is 0 Å². The van der Waals surface area contributed by atoms with Crippen molar-refractivity contribution in [1.29, 1.82) is 0 Å². The molecule has 0 fully saturated rings. The third-order valence-corrected chi connectivity index (χ3v) is 7.89. The van der Waals surface area contributed by atoms with Gasteiger partial charge in [0.15, 0.2) is 11.6 Å². The molecule has 0 radical (unpaired) electrons. The first kappa shape index (κ1) is 21.9. The molecule has 34 heavy (non-hydrogen) atoms. The zero-order valence-electron chi connectivity index (χ0n) is 17.6. The van der Waals surface area contributed by atoms with Gasteiger partial charge in [0.05, 0.1) is 9.79 Å². The Hall–Kier alpha value is -3.88. The number of anilines is 2. The van der Waals surface area contributed by atoms with Gasteiger partial charge < -0.3 is 21.7 Å². The average Bonchev–Trinajstić information content (AvgIpc) is 2.82. The molecule has 6 N–H and O–H groups in total. The summed E-state index contributed by atoms with van der Waals surface area (Å²) < 4.78 is 0. The molecule has 4 aromatic rings. The summed E-state index contributed by atoms with van der Waals surface area (Å²) in [5.74, 6) is -0.600. The van der Waals surface area contributed by atoms with Crippen LogP contribution in [0.25, 0.3) is 0 Å². The summed E-state index contributed by atoms with van der Waals surface area (Å²) in [6.07, 6.45) is 0. The summed E-state index contributed by atoms with van der Waals surface area (Å²) in [5.41, 5.74) is 13.9. The van der Waals surface area contributed by atoms with Gasteiger partial charge in [-0.1, -0.05) is 59.9 Å². The molecule has 0 heterocycles. The van der Waals surface area contributed by atoms with Crippen molar-refractivity contribution in [3.05, 3.63) is 95.1 Å². The average molecular weight is 487 g/mol. The Kier molecular flexibility index (Phi) is 5.47. The van der Waals surface area contributed by atoms with Gasteiger partial charge in [-0.25, -0.2) is 0 Å². The lowest BCUT2D eigenvalue weighted by Crippen LogP contribution is -2.22. The lowest BCUT2D eigenvalue weighted by Gasteiger charge is -2.22. The van der Waals surface area contributed by atoms with Crippen LogP contribution >= 0.6 is 23.5 Å². The van der Waals surface area contributed by atoms with Crippen LogP contribution in [0.4, 0.5) is 11.4 Å². The SMILES string of the molecule is Nc1cccc(O)c1Sc1cccc2c1C(=O)c1cccc(Sc3c(N)cccc3O)c1C2=O. The van der Waals surface area contributed by atoms with Crippen LogP contribution in [0.5, 0.6) is 11.5 Å². The van der Waals surface area contributed by atoms with Gasteiger partial charge in [0.2, 0.25) is 0 Å². The highest BCUT2D eigenvalue weighted by Gasteiger charge is 2.34. The van der Waals surface area contributed by atoms with Crippen molar-refractivity contribution in [2.24, 2.45) is 0 Å². The molecule has 5 rings (SSSR count). The van der Waals surface area contributed by atoms with E-state index in [-0.39, 0.29) is 45.3 Å². The minimum atomic E-state index is -0.297. The van der Waals surface area contributed by atoms with Crippen molar-refractivity contribution < 1.29 is 19.8 Å². The van der Waals surface area contributed by atoms with Crippen molar-refractivity contribution in [3.8, 4) is 11.5 Å². The summed E-state index contributed by atoms with van der Waals surface area (Å²) in [6, 6.07) is 19.7. The predicted molar refractivity (Wildman–Crippen MR) is 133 cm³/mol. The number of fused-ring (bicyclic) bond motifs is 2. The van der Waals surface area contributed by atoms with E-state index in [0.29, 0.717) is 31.0 Å². The molecule has 0 aliphatic heterocycles.